The number of ether oxygens (including phenoxy) is 3. The van der Waals surface area contributed by atoms with Crippen LogP contribution in [0.4, 0.5) is 5.13 Å². The molecule has 0 atom stereocenters. The molecule has 33 heavy (non-hydrogen) atoms. The van der Waals surface area contributed by atoms with Gasteiger partial charge in [-0.05, 0) is 12.1 Å². The van der Waals surface area contributed by atoms with E-state index in [-0.39, 0.29) is 23.6 Å². The van der Waals surface area contributed by atoms with Crippen LogP contribution in [-0.4, -0.2) is 71.3 Å². The summed E-state index contributed by atoms with van der Waals surface area (Å²) in [6, 6.07) is 4.29. The molecule has 3 N–H and O–H groups in total. The lowest BCUT2D eigenvalue weighted by Crippen LogP contribution is -2.43. The van der Waals surface area contributed by atoms with Gasteiger partial charge in [0.15, 0.2) is 16.6 Å². The largest absolute Gasteiger partial charge is 0.486 e. The van der Waals surface area contributed by atoms with E-state index < -0.39 is 21.8 Å². The molecular weight excluding hydrogens is 474 g/mol. The minimum Gasteiger partial charge on any atom is -0.486 e. The maximum Gasteiger partial charge on any atom is 0.289 e. The van der Waals surface area contributed by atoms with E-state index in [9.17, 15) is 18.0 Å². The molecule has 12 nitrogen and oxygen atoms in total. The summed E-state index contributed by atoms with van der Waals surface area (Å²) in [5, 5.41) is 2.32. The first kappa shape index (κ1) is 23.2. The Bertz CT molecular complexity index is 1120. The highest BCUT2D eigenvalue weighted by atomic mass is 32.2. The van der Waals surface area contributed by atoms with Crippen LogP contribution >= 0.6 is 11.3 Å². The zero-order valence-corrected chi connectivity index (χ0v) is 19.2. The molecule has 0 radical (unpaired) electrons. The van der Waals surface area contributed by atoms with E-state index >= 15 is 0 Å². The number of hydrazine groups is 1. The van der Waals surface area contributed by atoms with Crippen molar-refractivity contribution in [3.05, 3.63) is 29.3 Å². The van der Waals surface area contributed by atoms with Crippen molar-refractivity contribution in [2.24, 2.45) is 0 Å². The second-order valence-electron chi connectivity index (χ2n) is 7.07. The number of fused-ring (bicyclic) bond motifs is 1. The number of rotatable bonds is 7. The minimum absolute atomic E-state index is 0.0000604. The number of thiazole rings is 1. The Balaban J connectivity index is 1.22. The van der Waals surface area contributed by atoms with Crippen LogP contribution in [0.25, 0.3) is 0 Å². The van der Waals surface area contributed by atoms with E-state index in [0.29, 0.717) is 56.1 Å². The maximum absolute atomic E-state index is 12.5. The predicted molar refractivity (Wildman–Crippen MR) is 118 cm³/mol. The average molecular weight is 498 g/mol. The van der Waals surface area contributed by atoms with Gasteiger partial charge in [0.05, 0.1) is 18.1 Å². The summed E-state index contributed by atoms with van der Waals surface area (Å²) in [4.78, 5) is 30.5. The van der Waals surface area contributed by atoms with Gasteiger partial charge in [-0.3, -0.25) is 20.4 Å². The van der Waals surface area contributed by atoms with Gasteiger partial charge in [0.2, 0.25) is 15.9 Å². The van der Waals surface area contributed by atoms with E-state index in [1.54, 1.807) is 5.38 Å². The van der Waals surface area contributed by atoms with Crippen LogP contribution in [0.15, 0.2) is 28.5 Å². The molecule has 1 aromatic heterocycles. The number of hydrogen-bond donors (Lipinski definition) is 3. The normalized spacial score (nSPS) is 15.7. The van der Waals surface area contributed by atoms with E-state index in [1.165, 1.54) is 29.5 Å². The third kappa shape index (κ3) is 5.90. The summed E-state index contributed by atoms with van der Waals surface area (Å²) >= 11 is 1.33. The maximum atomic E-state index is 12.5. The number of benzene rings is 1. The first-order chi connectivity index (χ1) is 15.9. The fourth-order valence-corrected chi connectivity index (χ4v) is 5.00. The summed E-state index contributed by atoms with van der Waals surface area (Å²) < 4.78 is 43.3. The standard InChI is InChI=1S/C19H23N5O7S2/c25-17(22-23-18(26)14-12-32-19(21-14)24-5-7-29-8-6-24)3-4-20-33(27,28)13-1-2-15-16(11-13)31-10-9-30-15/h1-2,11-12,20H,3-10H2,(H,22,25)(H,23,26). The van der Waals surface area contributed by atoms with E-state index in [4.69, 9.17) is 14.2 Å². The highest BCUT2D eigenvalue weighted by Gasteiger charge is 2.20. The van der Waals surface area contributed by atoms with Gasteiger partial charge in [0, 0.05) is 37.5 Å². The number of nitrogens with zero attached hydrogens (tertiary/aromatic N) is 2. The molecule has 1 aromatic carbocycles. The van der Waals surface area contributed by atoms with Crippen LogP contribution in [0.1, 0.15) is 16.9 Å². The quantitative estimate of drug-likeness (QED) is 0.445. The van der Waals surface area contributed by atoms with Crippen LogP contribution < -0.4 is 29.9 Å². The number of aromatic nitrogens is 1. The zero-order chi connectivity index (χ0) is 23.3. The van der Waals surface area contributed by atoms with Gasteiger partial charge in [-0.2, -0.15) is 0 Å². The Labute approximate surface area is 194 Å². The minimum atomic E-state index is -3.85. The number of anilines is 1. The molecule has 3 heterocycles. The molecule has 2 amide bonds. The predicted octanol–water partition coefficient (Wildman–Crippen LogP) is -0.119. The first-order valence-corrected chi connectivity index (χ1v) is 12.6. The van der Waals surface area contributed by atoms with E-state index in [1.807, 2.05) is 4.90 Å². The fourth-order valence-electron chi connectivity index (χ4n) is 3.09. The lowest BCUT2D eigenvalue weighted by Gasteiger charge is -2.25. The molecule has 0 bridgehead atoms. The topological polar surface area (TPSA) is 148 Å². The third-order valence-corrected chi connectivity index (χ3v) is 7.15. The molecule has 1 saturated heterocycles. The lowest BCUT2D eigenvalue weighted by molar-refractivity contribution is -0.121. The van der Waals surface area contributed by atoms with E-state index in [0.717, 1.165) is 0 Å². The number of carbonyl (C=O) groups excluding carboxylic acids is 2. The molecule has 1 fully saturated rings. The molecule has 14 heteroatoms. The second kappa shape index (κ2) is 10.3. The summed E-state index contributed by atoms with van der Waals surface area (Å²) in [5.41, 5.74) is 4.72. The van der Waals surface area contributed by atoms with Crippen molar-refractivity contribution in [2.45, 2.75) is 11.3 Å². The molecule has 2 aliphatic rings. The van der Waals surface area contributed by atoms with Gasteiger partial charge < -0.3 is 19.1 Å². The number of sulfonamides is 1. The Morgan fingerprint density at radius 2 is 1.82 bits per heavy atom. The second-order valence-corrected chi connectivity index (χ2v) is 9.67. The van der Waals surface area contributed by atoms with Gasteiger partial charge in [0.25, 0.3) is 5.91 Å². The number of amides is 2. The molecule has 0 spiro atoms. The summed E-state index contributed by atoms with van der Waals surface area (Å²) in [6.45, 7) is 3.20. The van der Waals surface area contributed by atoms with Crippen molar-refractivity contribution in [1.29, 1.82) is 0 Å². The number of morpholine rings is 1. The van der Waals surface area contributed by atoms with Crippen LogP contribution in [0.5, 0.6) is 11.5 Å². The fraction of sp³-hybridized carbons (Fsp3) is 0.421. The third-order valence-electron chi connectivity index (χ3n) is 4.79. The summed E-state index contributed by atoms with van der Waals surface area (Å²) in [7, 11) is -3.85. The molecule has 2 aromatic rings. The molecule has 0 aliphatic carbocycles. The van der Waals surface area contributed by atoms with Gasteiger partial charge in [-0.1, -0.05) is 0 Å². The van der Waals surface area contributed by atoms with Gasteiger partial charge in [-0.25, -0.2) is 18.1 Å². The van der Waals surface area contributed by atoms with Crippen molar-refractivity contribution >= 4 is 38.3 Å². The molecule has 178 valence electrons. The molecule has 2 aliphatic heterocycles. The molecule has 0 saturated carbocycles. The molecular formula is C19H23N5O7S2. The Kier molecular flexibility index (Phi) is 7.27. The van der Waals surface area contributed by atoms with Crippen LogP contribution in [-0.2, 0) is 19.6 Å². The van der Waals surface area contributed by atoms with Crippen molar-refractivity contribution in [2.75, 3.05) is 51.0 Å². The SMILES string of the molecule is O=C(CCNS(=O)(=O)c1ccc2c(c1)OCCO2)NNC(=O)c1csc(N2CCOCC2)n1. The Morgan fingerprint density at radius 3 is 2.61 bits per heavy atom. The lowest BCUT2D eigenvalue weighted by atomic mass is 10.3. The van der Waals surface area contributed by atoms with Gasteiger partial charge in [-0.15, -0.1) is 11.3 Å². The number of nitrogens with one attached hydrogen (secondary N) is 3. The van der Waals surface area contributed by atoms with Gasteiger partial charge in [0.1, 0.15) is 18.9 Å². The monoisotopic (exact) mass is 497 g/mol. The summed E-state index contributed by atoms with van der Waals surface area (Å²) in [6.07, 6.45) is -0.180. The highest BCUT2D eigenvalue weighted by molar-refractivity contribution is 7.89. The first-order valence-electron chi connectivity index (χ1n) is 10.2. The molecule has 0 unspecified atom stereocenters. The van der Waals surface area contributed by atoms with Crippen LogP contribution in [0, 0.1) is 0 Å². The van der Waals surface area contributed by atoms with Crippen molar-refractivity contribution in [1.82, 2.24) is 20.6 Å². The highest BCUT2D eigenvalue weighted by Crippen LogP contribution is 2.32. The van der Waals surface area contributed by atoms with Crippen molar-refractivity contribution in [3.63, 3.8) is 0 Å². The number of hydrogen-bond acceptors (Lipinski definition) is 10. The van der Waals surface area contributed by atoms with Crippen molar-refractivity contribution < 1.29 is 32.2 Å². The van der Waals surface area contributed by atoms with Gasteiger partial charge >= 0.3 is 0 Å². The van der Waals surface area contributed by atoms with E-state index in [2.05, 4.69) is 20.6 Å². The Morgan fingerprint density at radius 1 is 1.06 bits per heavy atom. The van der Waals surface area contributed by atoms with Crippen LogP contribution in [0.3, 0.4) is 0 Å². The number of carbonyl (C=O) groups is 2. The smallest absolute Gasteiger partial charge is 0.289 e. The summed E-state index contributed by atoms with van der Waals surface area (Å²) in [5.74, 6) is -0.288. The Hall–Kier alpha value is -2.94. The van der Waals surface area contributed by atoms with Crippen molar-refractivity contribution in [3.8, 4) is 11.5 Å². The van der Waals surface area contributed by atoms with Crippen LogP contribution in [0.2, 0.25) is 0 Å². The zero-order valence-electron chi connectivity index (χ0n) is 17.5. The average Bonchev–Trinajstić information content (AvgIpc) is 3.33. The molecule has 4 rings (SSSR count).